The molecule has 1 N–H and O–H groups in total. The standard InChI is InChI=1S/C26H36N2O4/c1-4-5-6-9-18-31-24-15-11-13-22(20(24)2)27-28-23-14-12-16-25(21(23)3)32-19-10-7-8-17-26(29)30/h11-16H,4-10,17-19H2,1-3H3,(H,29,30). The second kappa shape index (κ2) is 14.2. The fraction of sp³-hybridized carbons (Fsp3) is 0.500. The van der Waals surface area contributed by atoms with Crippen LogP contribution in [0.25, 0.3) is 0 Å². The molecule has 0 radical (unpaired) electrons. The summed E-state index contributed by atoms with van der Waals surface area (Å²) in [6.07, 6.45) is 7.24. The van der Waals surface area contributed by atoms with Gasteiger partial charge >= 0.3 is 5.97 Å². The average Bonchev–Trinajstić information content (AvgIpc) is 2.77. The van der Waals surface area contributed by atoms with E-state index in [9.17, 15) is 4.79 Å². The highest BCUT2D eigenvalue weighted by atomic mass is 16.5. The van der Waals surface area contributed by atoms with Gasteiger partial charge in [0, 0.05) is 17.5 Å². The highest BCUT2D eigenvalue weighted by Crippen LogP contribution is 2.32. The molecule has 6 nitrogen and oxygen atoms in total. The predicted molar refractivity (Wildman–Crippen MR) is 128 cm³/mol. The summed E-state index contributed by atoms with van der Waals surface area (Å²) in [6.45, 7) is 7.45. The molecular weight excluding hydrogens is 404 g/mol. The van der Waals surface area contributed by atoms with Crippen LogP contribution in [0.4, 0.5) is 11.4 Å². The SMILES string of the molecule is CCCCCCOc1cccc(N=Nc2cccc(OCCCCCC(=O)O)c2C)c1C. The van der Waals surface area contributed by atoms with Crippen LogP contribution in [-0.2, 0) is 4.79 Å². The van der Waals surface area contributed by atoms with Crippen molar-refractivity contribution in [1.29, 1.82) is 0 Å². The number of hydrogen-bond acceptors (Lipinski definition) is 5. The lowest BCUT2D eigenvalue weighted by molar-refractivity contribution is -0.137. The van der Waals surface area contributed by atoms with Crippen LogP contribution in [0.1, 0.15) is 69.4 Å². The first kappa shape index (κ1) is 25.4. The van der Waals surface area contributed by atoms with Crippen LogP contribution < -0.4 is 9.47 Å². The molecule has 6 heteroatoms. The Morgan fingerprint density at radius 2 is 1.28 bits per heavy atom. The first-order chi connectivity index (χ1) is 15.5. The van der Waals surface area contributed by atoms with Crippen molar-refractivity contribution in [2.24, 2.45) is 10.2 Å². The predicted octanol–water partition coefficient (Wildman–Crippen LogP) is 7.70. The van der Waals surface area contributed by atoms with E-state index in [4.69, 9.17) is 14.6 Å². The van der Waals surface area contributed by atoms with Gasteiger partial charge in [-0.3, -0.25) is 4.79 Å². The normalized spacial score (nSPS) is 11.1. The number of aliphatic carboxylic acids is 1. The van der Waals surface area contributed by atoms with Gasteiger partial charge in [-0.2, -0.15) is 10.2 Å². The van der Waals surface area contributed by atoms with Gasteiger partial charge in [0.2, 0.25) is 0 Å². The van der Waals surface area contributed by atoms with Crippen molar-refractivity contribution in [3.8, 4) is 11.5 Å². The first-order valence-electron chi connectivity index (χ1n) is 11.6. The summed E-state index contributed by atoms with van der Waals surface area (Å²) in [6, 6.07) is 11.6. The minimum atomic E-state index is -0.751. The molecule has 0 atom stereocenters. The van der Waals surface area contributed by atoms with E-state index < -0.39 is 5.97 Å². The number of carbonyl (C=O) groups is 1. The molecule has 2 aromatic rings. The molecule has 2 aromatic carbocycles. The Kier molecular flexibility index (Phi) is 11.3. The number of hydrogen-bond donors (Lipinski definition) is 1. The number of azo groups is 1. The minimum absolute atomic E-state index is 0.208. The summed E-state index contributed by atoms with van der Waals surface area (Å²) in [4.78, 5) is 10.6. The zero-order chi connectivity index (χ0) is 23.2. The van der Waals surface area contributed by atoms with Gasteiger partial charge in [-0.15, -0.1) is 0 Å². The molecule has 2 rings (SSSR count). The quantitative estimate of drug-likeness (QED) is 0.227. The van der Waals surface area contributed by atoms with Gasteiger partial charge in [0.15, 0.2) is 0 Å². The third-order valence-electron chi connectivity index (χ3n) is 5.32. The number of unbranched alkanes of at least 4 members (excludes halogenated alkanes) is 5. The van der Waals surface area contributed by atoms with E-state index >= 15 is 0 Å². The zero-order valence-corrected chi connectivity index (χ0v) is 19.6. The molecule has 0 unspecified atom stereocenters. The summed E-state index contributed by atoms with van der Waals surface area (Å²) in [5.74, 6) is 0.884. The van der Waals surface area contributed by atoms with Crippen LogP contribution in [0.3, 0.4) is 0 Å². The van der Waals surface area contributed by atoms with Gasteiger partial charge < -0.3 is 14.6 Å². The molecule has 0 aliphatic heterocycles. The first-order valence-corrected chi connectivity index (χ1v) is 11.6. The van der Waals surface area contributed by atoms with Crippen molar-refractivity contribution in [2.45, 2.75) is 72.1 Å². The number of nitrogens with zero attached hydrogens (tertiary/aromatic N) is 2. The molecule has 0 heterocycles. The van der Waals surface area contributed by atoms with E-state index in [1.54, 1.807) is 0 Å². The fourth-order valence-corrected chi connectivity index (χ4v) is 3.29. The van der Waals surface area contributed by atoms with E-state index in [0.29, 0.717) is 13.0 Å². The van der Waals surface area contributed by atoms with Gasteiger partial charge in [0.05, 0.1) is 24.6 Å². The van der Waals surface area contributed by atoms with Gasteiger partial charge in [0.1, 0.15) is 11.5 Å². The summed E-state index contributed by atoms with van der Waals surface area (Å²) >= 11 is 0. The summed E-state index contributed by atoms with van der Waals surface area (Å²) < 4.78 is 11.8. The lowest BCUT2D eigenvalue weighted by Gasteiger charge is -2.11. The molecule has 0 saturated heterocycles. The maximum atomic E-state index is 10.6. The number of benzene rings is 2. The Bertz CT molecular complexity index is 880. The summed E-state index contributed by atoms with van der Waals surface area (Å²) in [5, 5.41) is 17.6. The minimum Gasteiger partial charge on any atom is -0.493 e. The molecule has 0 fully saturated rings. The van der Waals surface area contributed by atoms with E-state index in [-0.39, 0.29) is 6.42 Å². The van der Waals surface area contributed by atoms with E-state index in [2.05, 4.69) is 17.2 Å². The largest absolute Gasteiger partial charge is 0.493 e. The third-order valence-corrected chi connectivity index (χ3v) is 5.32. The molecule has 174 valence electrons. The van der Waals surface area contributed by atoms with Crippen LogP contribution in [0.2, 0.25) is 0 Å². The molecule has 0 spiro atoms. The van der Waals surface area contributed by atoms with Crippen molar-refractivity contribution in [2.75, 3.05) is 13.2 Å². The van der Waals surface area contributed by atoms with Crippen molar-refractivity contribution < 1.29 is 19.4 Å². The number of carboxylic acid groups (broad SMARTS) is 1. The smallest absolute Gasteiger partial charge is 0.303 e. The highest BCUT2D eigenvalue weighted by Gasteiger charge is 2.07. The molecular formula is C26H36N2O4. The topological polar surface area (TPSA) is 80.5 Å². The second-order valence-corrected chi connectivity index (χ2v) is 7.96. The van der Waals surface area contributed by atoms with Crippen molar-refractivity contribution in [3.63, 3.8) is 0 Å². The van der Waals surface area contributed by atoms with Crippen molar-refractivity contribution >= 4 is 17.3 Å². The van der Waals surface area contributed by atoms with Crippen LogP contribution in [0.15, 0.2) is 46.6 Å². The fourth-order valence-electron chi connectivity index (χ4n) is 3.29. The molecule has 0 saturated carbocycles. The third kappa shape index (κ3) is 8.69. The van der Waals surface area contributed by atoms with Crippen molar-refractivity contribution in [3.05, 3.63) is 47.5 Å². The zero-order valence-electron chi connectivity index (χ0n) is 19.6. The molecule has 0 bridgehead atoms. The van der Waals surface area contributed by atoms with Gasteiger partial charge in [-0.1, -0.05) is 38.3 Å². The number of rotatable bonds is 15. The van der Waals surface area contributed by atoms with Gasteiger partial charge in [-0.05, 0) is 63.8 Å². The maximum Gasteiger partial charge on any atom is 0.303 e. The van der Waals surface area contributed by atoms with Gasteiger partial charge in [-0.25, -0.2) is 0 Å². The van der Waals surface area contributed by atoms with Crippen molar-refractivity contribution in [1.82, 2.24) is 0 Å². The van der Waals surface area contributed by atoms with Crippen LogP contribution in [0.5, 0.6) is 11.5 Å². The molecule has 0 amide bonds. The molecule has 32 heavy (non-hydrogen) atoms. The average molecular weight is 441 g/mol. The van der Waals surface area contributed by atoms with E-state index in [1.165, 1.54) is 19.3 Å². The Hall–Kier alpha value is -2.89. The Morgan fingerprint density at radius 3 is 1.75 bits per heavy atom. The van der Waals surface area contributed by atoms with Gasteiger partial charge in [0.25, 0.3) is 0 Å². The maximum absolute atomic E-state index is 10.6. The molecule has 0 aromatic heterocycles. The Balaban J connectivity index is 1.94. The van der Waals surface area contributed by atoms with Crippen LogP contribution in [0, 0.1) is 13.8 Å². The highest BCUT2D eigenvalue weighted by molar-refractivity contribution is 5.66. The van der Waals surface area contributed by atoms with Crippen LogP contribution in [-0.4, -0.2) is 24.3 Å². The number of ether oxygens (including phenoxy) is 2. The Labute approximate surface area is 191 Å². The summed E-state index contributed by atoms with van der Waals surface area (Å²) in [5.41, 5.74) is 3.47. The second-order valence-electron chi connectivity index (χ2n) is 7.96. The summed E-state index contributed by atoms with van der Waals surface area (Å²) in [7, 11) is 0. The Morgan fingerprint density at radius 1 is 0.781 bits per heavy atom. The van der Waals surface area contributed by atoms with E-state index in [1.807, 2.05) is 50.2 Å². The molecule has 0 aliphatic carbocycles. The van der Waals surface area contributed by atoms with E-state index in [0.717, 1.165) is 59.9 Å². The van der Waals surface area contributed by atoms with Crippen LogP contribution >= 0.6 is 0 Å². The molecule has 0 aliphatic rings. The lowest BCUT2D eigenvalue weighted by atomic mass is 10.1. The number of carboxylic acids is 1. The lowest BCUT2D eigenvalue weighted by Crippen LogP contribution is -2.00. The monoisotopic (exact) mass is 440 g/mol.